The number of halogens is 2. The van der Waals surface area contributed by atoms with Gasteiger partial charge in [0, 0.05) is 23.0 Å². The van der Waals surface area contributed by atoms with Crippen LogP contribution in [0, 0.1) is 13.8 Å². The molecule has 2 heterocycles. The van der Waals surface area contributed by atoms with Gasteiger partial charge < -0.3 is 9.21 Å². The minimum Gasteiger partial charge on any atom is -0.423 e. The van der Waals surface area contributed by atoms with Crippen LogP contribution in [0.4, 0.5) is 8.63 Å². The van der Waals surface area contributed by atoms with Crippen molar-refractivity contribution in [3.05, 3.63) is 105 Å². The van der Waals surface area contributed by atoms with E-state index in [1.165, 1.54) is 10.1 Å². The van der Waals surface area contributed by atoms with Gasteiger partial charge >= 0.3 is 13.4 Å². The van der Waals surface area contributed by atoms with Crippen molar-refractivity contribution in [3.63, 3.8) is 0 Å². The molecule has 1 aromatic heterocycles. The lowest BCUT2D eigenvalue weighted by molar-refractivity contribution is 0.0734. The monoisotopic (exact) mass is 528 g/mol. The number of hydrogen-bond acceptors (Lipinski definition) is 3. The molecule has 0 amide bonds. The van der Waals surface area contributed by atoms with Crippen LogP contribution in [0.25, 0.3) is 6.08 Å². The molecule has 1 aliphatic heterocycles. The molecule has 4 nitrogen and oxygen atoms in total. The van der Waals surface area contributed by atoms with Gasteiger partial charge in [0.2, 0.25) is 0 Å². The molecule has 0 radical (unpaired) electrons. The molecule has 0 N–H and O–H groups in total. The second-order valence-electron chi connectivity index (χ2n) is 10.0. The second-order valence-corrected chi connectivity index (χ2v) is 10.0. The Morgan fingerprint density at radius 2 is 1.69 bits per heavy atom. The minimum atomic E-state index is -2.67. The van der Waals surface area contributed by atoms with Crippen LogP contribution in [0.15, 0.2) is 71.2 Å². The zero-order chi connectivity index (χ0) is 28.4. The van der Waals surface area contributed by atoms with Crippen LogP contribution in [0.2, 0.25) is 0 Å². The fourth-order valence-corrected chi connectivity index (χ4v) is 5.95. The lowest BCUT2D eigenvalue weighted by Gasteiger charge is -2.27. The molecule has 4 rings (SSSR count). The van der Waals surface area contributed by atoms with Crippen LogP contribution in [0.3, 0.4) is 0 Å². The molecule has 0 bridgehead atoms. The summed E-state index contributed by atoms with van der Waals surface area (Å²) in [6.07, 6.45) is 3.21. The van der Waals surface area contributed by atoms with Gasteiger partial charge in [0.1, 0.15) is 5.75 Å². The molecule has 1 aliphatic rings. The van der Waals surface area contributed by atoms with Gasteiger partial charge in [-0.05, 0) is 98.2 Å². The maximum atomic E-state index is 14.6. The molecule has 2 unspecified atom stereocenters. The van der Waals surface area contributed by atoms with E-state index in [0.29, 0.717) is 29.1 Å². The van der Waals surface area contributed by atoms with Crippen molar-refractivity contribution in [1.82, 2.24) is 4.48 Å². The quantitative estimate of drug-likeness (QED) is 0.160. The number of aliphatic imine (C=N–C) groups is 1. The predicted molar refractivity (Wildman–Crippen MR) is 156 cm³/mol. The smallest absolute Gasteiger partial charge is 0.423 e. The van der Waals surface area contributed by atoms with Gasteiger partial charge in [-0.25, -0.2) is 4.79 Å². The van der Waals surface area contributed by atoms with Crippen molar-refractivity contribution in [2.24, 2.45) is 4.99 Å². The van der Waals surface area contributed by atoms with Gasteiger partial charge in [-0.15, -0.1) is 0 Å². The number of allylic oxidation sites excluding steroid dienone is 1. The summed E-state index contributed by atoms with van der Waals surface area (Å²) in [7, 11) is -2.67. The van der Waals surface area contributed by atoms with E-state index < -0.39 is 19.3 Å². The Morgan fingerprint density at radius 3 is 2.21 bits per heavy atom. The van der Waals surface area contributed by atoms with E-state index in [9.17, 15) is 13.4 Å². The molecule has 3 aromatic rings. The van der Waals surface area contributed by atoms with E-state index in [-0.39, 0.29) is 6.04 Å². The molecule has 7 heteroatoms. The van der Waals surface area contributed by atoms with Crippen molar-refractivity contribution >= 4 is 25.2 Å². The standard InChI is InChI=1S/C32H35BF2N2O2/c1-8-23-11-13-25(14-12-23)32(38)39-26-17-15-24(16-18-26)29(30-19(4)27(9-2)21(6)36-30)31-20(5)28(10-3)22(7)37(31)33(34)35/h8,11-18,29-30H,1,9-10H2,2-7H3. The first kappa shape index (κ1) is 28.3. The number of nitrogens with zero attached hydrogens (tertiary/aromatic N) is 2. The summed E-state index contributed by atoms with van der Waals surface area (Å²) in [5, 5.41) is 0. The van der Waals surface area contributed by atoms with Crippen LogP contribution >= 0.6 is 0 Å². The topological polar surface area (TPSA) is 43.6 Å². The van der Waals surface area contributed by atoms with E-state index in [1.54, 1.807) is 49.4 Å². The first-order valence-corrected chi connectivity index (χ1v) is 13.4. The fraction of sp³-hybridized carbons (Fsp3) is 0.312. The summed E-state index contributed by atoms with van der Waals surface area (Å²) in [4.78, 5) is 17.7. The molecule has 202 valence electrons. The molecule has 0 spiro atoms. The van der Waals surface area contributed by atoms with Crippen molar-refractivity contribution < 1.29 is 18.2 Å². The Morgan fingerprint density at radius 1 is 1.05 bits per heavy atom. The molecule has 0 aliphatic carbocycles. The highest BCUT2D eigenvalue weighted by atomic mass is 19.2. The summed E-state index contributed by atoms with van der Waals surface area (Å²) in [6.45, 7) is 15.6. The predicted octanol–water partition coefficient (Wildman–Crippen LogP) is 8.00. The van der Waals surface area contributed by atoms with Crippen molar-refractivity contribution in [1.29, 1.82) is 0 Å². The lowest BCUT2D eigenvalue weighted by atomic mass is 9.82. The van der Waals surface area contributed by atoms with Crippen LogP contribution in [0.1, 0.15) is 84.0 Å². The van der Waals surface area contributed by atoms with Gasteiger partial charge in [-0.2, -0.15) is 0 Å². The Kier molecular flexibility index (Phi) is 8.38. The minimum absolute atomic E-state index is 0.299. The van der Waals surface area contributed by atoms with Gasteiger partial charge in [-0.1, -0.05) is 50.8 Å². The number of aromatic nitrogens is 1. The molecule has 0 fully saturated rings. The van der Waals surface area contributed by atoms with Crippen molar-refractivity contribution in [3.8, 4) is 5.75 Å². The molecule has 0 saturated heterocycles. The number of carbonyl (C=O) groups excluding carboxylic acids is 1. The van der Waals surface area contributed by atoms with Crippen molar-refractivity contribution in [2.75, 3.05) is 0 Å². The van der Waals surface area contributed by atoms with Crippen LogP contribution in [-0.2, 0) is 6.42 Å². The number of hydrogen-bond donors (Lipinski definition) is 0. The molecule has 0 saturated carbocycles. The zero-order valence-corrected chi connectivity index (χ0v) is 23.5. The van der Waals surface area contributed by atoms with E-state index >= 15 is 0 Å². The first-order chi connectivity index (χ1) is 18.6. The lowest BCUT2D eigenvalue weighted by Crippen LogP contribution is -2.26. The number of benzene rings is 2. The second kappa shape index (κ2) is 11.6. The first-order valence-electron chi connectivity index (χ1n) is 13.4. The molecule has 2 aromatic carbocycles. The Balaban J connectivity index is 1.77. The number of esters is 1. The van der Waals surface area contributed by atoms with E-state index in [1.807, 2.05) is 32.9 Å². The van der Waals surface area contributed by atoms with Crippen LogP contribution in [0.5, 0.6) is 5.75 Å². The zero-order valence-electron chi connectivity index (χ0n) is 23.5. The molecular formula is C32H35BF2N2O2. The SMILES string of the molecule is C=Cc1ccc(C(=O)Oc2ccc(C(c3c(C)c(CC)c(C)n3B(F)F)C3N=C(C)C(CC)=C3C)cc2)cc1. The average Bonchev–Trinajstić information content (AvgIpc) is 3.35. The van der Waals surface area contributed by atoms with Gasteiger partial charge in [0.15, 0.2) is 0 Å². The maximum absolute atomic E-state index is 14.6. The highest BCUT2D eigenvalue weighted by molar-refractivity contribution is 6.41. The largest absolute Gasteiger partial charge is 0.677 e. The van der Waals surface area contributed by atoms with Crippen molar-refractivity contribution in [2.45, 2.75) is 66.3 Å². The normalized spacial score (nSPS) is 15.8. The third-order valence-corrected chi connectivity index (χ3v) is 7.93. The van der Waals surface area contributed by atoms with E-state index in [4.69, 9.17) is 9.73 Å². The third kappa shape index (κ3) is 5.27. The molecule has 2 atom stereocenters. The fourth-order valence-electron chi connectivity index (χ4n) is 5.95. The number of carbonyl (C=O) groups is 1. The van der Waals surface area contributed by atoms with E-state index in [2.05, 4.69) is 20.4 Å². The number of rotatable bonds is 9. The Labute approximate surface area is 230 Å². The summed E-state index contributed by atoms with van der Waals surface area (Å²) < 4.78 is 35.9. The highest BCUT2D eigenvalue weighted by Gasteiger charge is 2.38. The Bertz CT molecular complexity index is 1450. The van der Waals surface area contributed by atoms with Gasteiger partial charge in [0.05, 0.1) is 11.6 Å². The average molecular weight is 528 g/mol. The molecule has 39 heavy (non-hydrogen) atoms. The summed E-state index contributed by atoms with van der Waals surface area (Å²) in [5.41, 5.74) is 8.43. The third-order valence-electron chi connectivity index (χ3n) is 7.93. The van der Waals surface area contributed by atoms with E-state index in [0.717, 1.165) is 40.0 Å². The Hall–Kier alpha value is -3.74. The highest BCUT2D eigenvalue weighted by Crippen LogP contribution is 2.42. The van der Waals surface area contributed by atoms with Gasteiger partial charge in [-0.3, -0.25) is 13.6 Å². The van der Waals surface area contributed by atoms with Crippen LogP contribution < -0.4 is 4.74 Å². The summed E-state index contributed by atoms with van der Waals surface area (Å²) in [5.74, 6) is -0.509. The number of ether oxygens (including phenoxy) is 1. The molecular weight excluding hydrogens is 493 g/mol. The summed E-state index contributed by atoms with van der Waals surface area (Å²) >= 11 is 0. The summed E-state index contributed by atoms with van der Waals surface area (Å²) in [6, 6.07) is 13.9. The van der Waals surface area contributed by atoms with Gasteiger partial charge in [0.25, 0.3) is 0 Å². The maximum Gasteiger partial charge on any atom is 0.677 e. The van der Waals surface area contributed by atoms with Crippen LogP contribution in [-0.4, -0.2) is 29.6 Å².